The lowest BCUT2D eigenvalue weighted by Crippen LogP contribution is -2.39. The summed E-state index contributed by atoms with van der Waals surface area (Å²) in [7, 11) is 0. The predicted octanol–water partition coefficient (Wildman–Crippen LogP) is 3.75. The first-order valence-electron chi connectivity index (χ1n) is 7.44. The zero-order valence-corrected chi connectivity index (χ0v) is 12.0. The van der Waals surface area contributed by atoms with E-state index in [1.165, 1.54) is 45.0 Å². The van der Waals surface area contributed by atoms with Gasteiger partial charge in [0.25, 0.3) is 0 Å². The molecule has 0 radical (unpaired) electrons. The zero-order valence-electron chi connectivity index (χ0n) is 12.0. The van der Waals surface area contributed by atoms with E-state index in [4.69, 9.17) is 0 Å². The second kappa shape index (κ2) is 6.90. The summed E-state index contributed by atoms with van der Waals surface area (Å²) in [6, 6.07) is 7.27. The normalized spacial score (nSPS) is 19.3. The summed E-state index contributed by atoms with van der Waals surface area (Å²) in [6.07, 6.45) is 3.65. The highest BCUT2D eigenvalue weighted by Gasteiger charge is 2.23. The van der Waals surface area contributed by atoms with Crippen LogP contribution in [-0.4, -0.2) is 30.6 Å². The Hall–Kier alpha value is -1.09. The molecule has 1 atom stereocenters. The fourth-order valence-electron chi connectivity index (χ4n) is 2.93. The third-order valence-electron chi connectivity index (χ3n) is 4.14. The van der Waals surface area contributed by atoms with Gasteiger partial charge in [0.2, 0.25) is 0 Å². The first kappa shape index (κ1) is 14.3. The van der Waals surface area contributed by atoms with Crippen LogP contribution in [0.2, 0.25) is 0 Å². The smallest absolute Gasteiger partial charge is 0.146 e. The van der Waals surface area contributed by atoms with Crippen molar-refractivity contribution in [3.8, 4) is 0 Å². The van der Waals surface area contributed by atoms with E-state index in [0.29, 0.717) is 17.6 Å². The van der Waals surface area contributed by atoms with Gasteiger partial charge >= 0.3 is 0 Å². The molecule has 2 nitrogen and oxygen atoms in total. The highest BCUT2D eigenvalue weighted by molar-refractivity contribution is 5.45. The summed E-state index contributed by atoms with van der Waals surface area (Å²) in [5, 5.41) is 3.33. The van der Waals surface area contributed by atoms with Gasteiger partial charge in [0, 0.05) is 6.04 Å². The number of benzene rings is 1. The van der Waals surface area contributed by atoms with Crippen LogP contribution in [0.5, 0.6) is 0 Å². The van der Waals surface area contributed by atoms with Crippen LogP contribution in [0.4, 0.5) is 10.1 Å². The molecule has 1 saturated heterocycles. The number of nitrogens with one attached hydrogen (secondary N) is 1. The molecule has 1 aliphatic heterocycles. The molecule has 0 bridgehead atoms. The number of hydrogen-bond acceptors (Lipinski definition) is 2. The van der Waals surface area contributed by atoms with Crippen molar-refractivity contribution in [1.82, 2.24) is 4.90 Å². The summed E-state index contributed by atoms with van der Waals surface area (Å²) < 4.78 is 13.6. The number of nitrogens with zero attached hydrogens (tertiary/aromatic N) is 1. The van der Waals surface area contributed by atoms with Crippen molar-refractivity contribution in [2.24, 2.45) is 5.92 Å². The van der Waals surface area contributed by atoms with Crippen molar-refractivity contribution in [3.63, 3.8) is 0 Å². The van der Waals surface area contributed by atoms with E-state index in [9.17, 15) is 4.39 Å². The molecule has 1 aromatic rings. The topological polar surface area (TPSA) is 15.3 Å². The van der Waals surface area contributed by atoms with E-state index in [0.717, 1.165) is 0 Å². The van der Waals surface area contributed by atoms with Gasteiger partial charge in [-0.2, -0.15) is 0 Å². The maximum Gasteiger partial charge on any atom is 0.146 e. The molecule has 1 unspecified atom stereocenters. The van der Waals surface area contributed by atoms with Crippen LogP contribution in [0, 0.1) is 11.7 Å². The maximum absolute atomic E-state index is 13.6. The minimum atomic E-state index is -0.155. The van der Waals surface area contributed by atoms with Crippen LogP contribution >= 0.6 is 0 Å². The van der Waals surface area contributed by atoms with E-state index in [-0.39, 0.29) is 5.82 Å². The molecule has 3 heteroatoms. The minimum absolute atomic E-state index is 0.155. The lowest BCUT2D eigenvalue weighted by Gasteiger charge is -2.35. The van der Waals surface area contributed by atoms with Gasteiger partial charge in [-0.3, -0.25) is 0 Å². The summed E-state index contributed by atoms with van der Waals surface area (Å²) >= 11 is 0. The minimum Gasteiger partial charge on any atom is -0.380 e. The van der Waals surface area contributed by atoms with Crippen LogP contribution in [-0.2, 0) is 0 Å². The van der Waals surface area contributed by atoms with Gasteiger partial charge in [0.15, 0.2) is 0 Å². The molecule has 1 fully saturated rings. The molecule has 19 heavy (non-hydrogen) atoms. The molecule has 106 valence electrons. The van der Waals surface area contributed by atoms with Crippen molar-refractivity contribution < 1.29 is 4.39 Å². The Labute approximate surface area is 116 Å². The number of likely N-dealkylation sites (tertiary alicyclic amines) is 1. The Morgan fingerprint density at radius 3 is 2.63 bits per heavy atom. The highest BCUT2D eigenvalue weighted by atomic mass is 19.1. The number of rotatable bonds is 5. The Bertz CT molecular complexity index is 386. The van der Waals surface area contributed by atoms with Crippen molar-refractivity contribution in [1.29, 1.82) is 0 Å². The number of anilines is 1. The quantitative estimate of drug-likeness (QED) is 0.871. The maximum atomic E-state index is 13.6. The first-order chi connectivity index (χ1) is 9.20. The molecule has 2 rings (SSSR count). The van der Waals surface area contributed by atoms with Crippen LogP contribution < -0.4 is 5.32 Å². The number of hydrogen-bond donors (Lipinski definition) is 1. The van der Waals surface area contributed by atoms with Gasteiger partial charge in [0.05, 0.1) is 5.69 Å². The summed E-state index contributed by atoms with van der Waals surface area (Å²) in [5.74, 6) is 0.491. The molecule has 1 aromatic carbocycles. The molecular weight excluding hydrogens is 239 g/mol. The number of halogens is 1. The SMILES string of the molecule is CCCN1CCC(C(C)Nc2ccccc2F)CC1. The lowest BCUT2D eigenvalue weighted by molar-refractivity contribution is 0.176. The third-order valence-corrected chi connectivity index (χ3v) is 4.14. The summed E-state index contributed by atoms with van der Waals surface area (Å²) in [4.78, 5) is 2.53. The predicted molar refractivity (Wildman–Crippen MR) is 78.9 cm³/mol. The monoisotopic (exact) mass is 264 g/mol. The fraction of sp³-hybridized carbons (Fsp3) is 0.625. The molecule has 0 spiro atoms. The van der Waals surface area contributed by atoms with Gasteiger partial charge in [-0.1, -0.05) is 19.1 Å². The largest absolute Gasteiger partial charge is 0.380 e. The Kier molecular flexibility index (Phi) is 5.20. The third kappa shape index (κ3) is 3.93. The fourth-order valence-corrected chi connectivity index (χ4v) is 2.93. The Morgan fingerprint density at radius 1 is 1.32 bits per heavy atom. The van der Waals surface area contributed by atoms with E-state index >= 15 is 0 Å². The average molecular weight is 264 g/mol. The van der Waals surface area contributed by atoms with Crippen molar-refractivity contribution in [2.75, 3.05) is 25.0 Å². The van der Waals surface area contributed by atoms with Crippen LogP contribution in [0.1, 0.15) is 33.1 Å². The van der Waals surface area contributed by atoms with Crippen LogP contribution in [0.25, 0.3) is 0 Å². The van der Waals surface area contributed by atoms with E-state index < -0.39 is 0 Å². The van der Waals surface area contributed by atoms with Crippen molar-refractivity contribution in [3.05, 3.63) is 30.1 Å². The molecule has 1 heterocycles. The standard InChI is InChI=1S/C16H25FN2/c1-3-10-19-11-8-14(9-12-19)13(2)18-16-7-5-4-6-15(16)17/h4-7,13-14,18H,3,8-12H2,1-2H3. The molecule has 0 saturated carbocycles. The molecule has 1 aliphatic rings. The second-order valence-corrected chi connectivity index (χ2v) is 5.59. The summed E-state index contributed by atoms with van der Waals surface area (Å²) in [5.41, 5.74) is 0.631. The van der Waals surface area contributed by atoms with Gasteiger partial charge in [-0.25, -0.2) is 4.39 Å². The van der Waals surface area contributed by atoms with E-state index in [1.807, 2.05) is 12.1 Å². The molecule has 0 aliphatic carbocycles. The van der Waals surface area contributed by atoms with Crippen LogP contribution in [0.15, 0.2) is 24.3 Å². The molecule has 0 amide bonds. The van der Waals surface area contributed by atoms with Gasteiger partial charge in [-0.05, 0) is 63.9 Å². The average Bonchev–Trinajstić information content (AvgIpc) is 2.42. The van der Waals surface area contributed by atoms with Crippen LogP contribution in [0.3, 0.4) is 0 Å². The molecule has 0 aromatic heterocycles. The van der Waals surface area contributed by atoms with Gasteiger partial charge in [0.1, 0.15) is 5.82 Å². The van der Waals surface area contributed by atoms with Gasteiger partial charge in [-0.15, -0.1) is 0 Å². The molecular formula is C16H25FN2. The van der Waals surface area contributed by atoms with Crippen molar-refractivity contribution in [2.45, 2.75) is 39.2 Å². The van der Waals surface area contributed by atoms with E-state index in [1.54, 1.807) is 6.07 Å². The van der Waals surface area contributed by atoms with Crippen molar-refractivity contribution >= 4 is 5.69 Å². The zero-order chi connectivity index (χ0) is 13.7. The van der Waals surface area contributed by atoms with Gasteiger partial charge < -0.3 is 10.2 Å². The number of piperidine rings is 1. The Morgan fingerprint density at radius 2 is 2.00 bits per heavy atom. The summed E-state index contributed by atoms with van der Waals surface area (Å²) in [6.45, 7) is 7.98. The highest BCUT2D eigenvalue weighted by Crippen LogP contribution is 2.24. The first-order valence-corrected chi connectivity index (χ1v) is 7.44. The second-order valence-electron chi connectivity index (χ2n) is 5.59. The Balaban J connectivity index is 1.85. The number of para-hydroxylation sites is 1. The lowest BCUT2D eigenvalue weighted by atomic mass is 9.90. The van der Waals surface area contributed by atoms with E-state index in [2.05, 4.69) is 24.1 Å². The molecule has 1 N–H and O–H groups in total.